The van der Waals surface area contributed by atoms with Gasteiger partial charge in [-0.25, -0.2) is 4.98 Å². The first-order valence-corrected chi connectivity index (χ1v) is 6.21. The van der Waals surface area contributed by atoms with Gasteiger partial charge in [-0.3, -0.25) is 0 Å². The Hall–Kier alpha value is -1.25. The number of hydrogen-bond acceptors (Lipinski definition) is 3. The highest BCUT2D eigenvalue weighted by molar-refractivity contribution is 5.46. The highest BCUT2D eigenvalue weighted by atomic mass is 15.1. The van der Waals surface area contributed by atoms with Crippen molar-refractivity contribution in [1.29, 1.82) is 0 Å². The molecule has 0 bridgehead atoms. The number of hydrogen-bond donors (Lipinski definition) is 2. The lowest BCUT2D eigenvalue weighted by Crippen LogP contribution is -2.41. The van der Waals surface area contributed by atoms with E-state index >= 15 is 0 Å². The van der Waals surface area contributed by atoms with Gasteiger partial charge in [-0.05, 0) is 44.7 Å². The third-order valence-corrected chi connectivity index (χ3v) is 3.19. The molecule has 0 unspecified atom stereocenters. The zero-order valence-electron chi connectivity index (χ0n) is 10.2. The minimum Gasteiger partial charge on any atom is -0.370 e. The molecule has 0 atom stereocenters. The van der Waals surface area contributed by atoms with Gasteiger partial charge in [-0.15, -0.1) is 0 Å². The Morgan fingerprint density at radius 1 is 1.31 bits per heavy atom. The van der Waals surface area contributed by atoms with Gasteiger partial charge in [-0.2, -0.15) is 0 Å². The third-order valence-electron chi connectivity index (χ3n) is 3.19. The molecule has 0 aromatic carbocycles. The van der Waals surface area contributed by atoms with Gasteiger partial charge < -0.3 is 10.6 Å². The molecule has 0 radical (unpaired) electrons. The molecule has 1 aliphatic carbocycles. The van der Waals surface area contributed by atoms with E-state index in [1.165, 1.54) is 19.3 Å². The van der Waals surface area contributed by atoms with Crippen molar-refractivity contribution in [3.8, 4) is 0 Å². The fourth-order valence-electron chi connectivity index (χ4n) is 2.00. The van der Waals surface area contributed by atoms with Crippen LogP contribution in [0.5, 0.6) is 0 Å². The van der Waals surface area contributed by atoms with Gasteiger partial charge in [0, 0.05) is 12.1 Å². The molecule has 3 nitrogen and oxygen atoms in total. The van der Waals surface area contributed by atoms with Crippen LogP contribution in [0.4, 0.5) is 11.6 Å². The molecule has 0 spiro atoms. The topological polar surface area (TPSA) is 37.0 Å². The van der Waals surface area contributed by atoms with Crippen LogP contribution < -0.4 is 10.6 Å². The van der Waals surface area contributed by atoms with E-state index in [0.717, 1.165) is 24.6 Å². The molecule has 1 heterocycles. The summed E-state index contributed by atoms with van der Waals surface area (Å²) in [7, 11) is 0. The molecule has 0 aliphatic heterocycles. The smallest absolute Gasteiger partial charge is 0.128 e. The summed E-state index contributed by atoms with van der Waals surface area (Å²) in [6, 6.07) is 6.11. The van der Waals surface area contributed by atoms with E-state index in [4.69, 9.17) is 0 Å². The van der Waals surface area contributed by atoms with E-state index in [-0.39, 0.29) is 5.54 Å². The van der Waals surface area contributed by atoms with Crippen LogP contribution in [0.25, 0.3) is 0 Å². The second-order valence-corrected chi connectivity index (χ2v) is 4.87. The van der Waals surface area contributed by atoms with Crippen LogP contribution in [0.3, 0.4) is 0 Å². The Bertz CT molecular complexity index is 345. The van der Waals surface area contributed by atoms with Crippen molar-refractivity contribution in [2.24, 2.45) is 0 Å². The van der Waals surface area contributed by atoms with Crippen LogP contribution in [-0.4, -0.2) is 17.1 Å². The van der Waals surface area contributed by atoms with E-state index in [1.54, 1.807) is 0 Å². The summed E-state index contributed by atoms with van der Waals surface area (Å²) in [5.41, 5.74) is 0.274. The van der Waals surface area contributed by atoms with Gasteiger partial charge in [0.15, 0.2) is 0 Å². The minimum atomic E-state index is 0.274. The molecule has 88 valence electrons. The Labute approximate surface area is 97.7 Å². The van der Waals surface area contributed by atoms with E-state index in [1.807, 2.05) is 12.1 Å². The van der Waals surface area contributed by atoms with Gasteiger partial charge >= 0.3 is 0 Å². The summed E-state index contributed by atoms with van der Waals surface area (Å²) in [4.78, 5) is 4.56. The molecular weight excluding hydrogens is 198 g/mol. The summed E-state index contributed by atoms with van der Waals surface area (Å²) in [6.45, 7) is 5.41. The zero-order chi connectivity index (χ0) is 11.4. The van der Waals surface area contributed by atoms with Crippen molar-refractivity contribution < 1.29 is 0 Å². The van der Waals surface area contributed by atoms with Crippen LogP contribution in [0.15, 0.2) is 18.2 Å². The second kappa shape index (κ2) is 4.73. The highest BCUT2D eigenvalue weighted by Crippen LogP contribution is 2.34. The lowest BCUT2D eigenvalue weighted by atomic mass is 9.78. The number of nitrogens with zero attached hydrogens (tertiary/aromatic N) is 1. The molecule has 1 fully saturated rings. The predicted octanol–water partition coefficient (Wildman–Crippen LogP) is 3.26. The molecule has 16 heavy (non-hydrogen) atoms. The van der Waals surface area contributed by atoms with Crippen molar-refractivity contribution in [2.45, 2.75) is 45.1 Å². The van der Waals surface area contributed by atoms with Gasteiger partial charge in [-0.1, -0.05) is 13.0 Å². The monoisotopic (exact) mass is 219 g/mol. The van der Waals surface area contributed by atoms with Crippen molar-refractivity contribution >= 4 is 11.6 Å². The fraction of sp³-hybridized carbons (Fsp3) is 0.615. The first-order chi connectivity index (χ1) is 7.72. The molecule has 1 aliphatic rings. The largest absolute Gasteiger partial charge is 0.370 e. The Balaban J connectivity index is 1.98. The molecule has 3 heteroatoms. The van der Waals surface area contributed by atoms with Gasteiger partial charge in [0.2, 0.25) is 0 Å². The maximum Gasteiger partial charge on any atom is 0.128 e. The van der Waals surface area contributed by atoms with Gasteiger partial charge in [0.25, 0.3) is 0 Å². The predicted molar refractivity (Wildman–Crippen MR) is 68.9 cm³/mol. The van der Waals surface area contributed by atoms with E-state index in [0.29, 0.717) is 0 Å². The first kappa shape index (κ1) is 11.2. The molecule has 2 rings (SSSR count). The molecule has 1 saturated carbocycles. The maximum absolute atomic E-state index is 4.56. The number of nitrogens with one attached hydrogen (secondary N) is 2. The van der Waals surface area contributed by atoms with Gasteiger partial charge in [0.05, 0.1) is 0 Å². The average molecular weight is 219 g/mol. The zero-order valence-corrected chi connectivity index (χ0v) is 10.2. The van der Waals surface area contributed by atoms with Crippen LogP contribution in [0.2, 0.25) is 0 Å². The Kier molecular flexibility index (Phi) is 3.32. The van der Waals surface area contributed by atoms with Crippen LogP contribution in [-0.2, 0) is 0 Å². The van der Waals surface area contributed by atoms with Crippen LogP contribution in [0.1, 0.15) is 39.5 Å². The fourth-order valence-corrected chi connectivity index (χ4v) is 2.00. The Morgan fingerprint density at radius 2 is 2.06 bits per heavy atom. The number of aromatic nitrogens is 1. The summed E-state index contributed by atoms with van der Waals surface area (Å²) in [6.07, 6.45) is 4.96. The lowest BCUT2D eigenvalue weighted by molar-refractivity contribution is 0.306. The summed E-state index contributed by atoms with van der Waals surface area (Å²) >= 11 is 0. The van der Waals surface area contributed by atoms with Gasteiger partial charge in [0.1, 0.15) is 11.6 Å². The molecule has 2 N–H and O–H groups in total. The third kappa shape index (κ3) is 2.65. The van der Waals surface area contributed by atoms with Crippen LogP contribution in [0, 0.1) is 0 Å². The summed E-state index contributed by atoms with van der Waals surface area (Å²) in [5.74, 6) is 1.96. The van der Waals surface area contributed by atoms with E-state index in [9.17, 15) is 0 Å². The summed E-state index contributed by atoms with van der Waals surface area (Å²) in [5, 5.41) is 6.83. The van der Waals surface area contributed by atoms with Crippen molar-refractivity contribution in [3.63, 3.8) is 0 Å². The van der Waals surface area contributed by atoms with E-state index < -0.39 is 0 Å². The molecule has 1 aromatic rings. The SMILES string of the molecule is CCCNc1cccc(NC2(C)CCC2)n1. The molecule has 1 aromatic heterocycles. The first-order valence-electron chi connectivity index (χ1n) is 6.21. The average Bonchev–Trinajstić information content (AvgIpc) is 2.25. The lowest BCUT2D eigenvalue weighted by Gasteiger charge is -2.39. The van der Waals surface area contributed by atoms with Crippen molar-refractivity contribution in [3.05, 3.63) is 18.2 Å². The number of pyridine rings is 1. The van der Waals surface area contributed by atoms with Crippen molar-refractivity contribution in [2.75, 3.05) is 17.2 Å². The quantitative estimate of drug-likeness (QED) is 0.798. The maximum atomic E-state index is 4.56. The molecule has 0 amide bonds. The number of rotatable bonds is 5. The van der Waals surface area contributed by atoms with E-state index in [2.05, 4.69) is 35.5 Å². The Morgan fingerprint density at radius 3 is 2.69 bits per heavy atom. The highest BCUT2D eigenvalue weighted by Gasteiger charge is 2.31. The summed E-state index contributed by atoms with van der Waals surface area (Å²) < 4.78 is 0. The standard InChI is InChI=1S/C13H21N3/c1-3-10-14-11-6-4-7-12(15-11)16-13(2)8-5-9-13/h4,6-7H,3,5,8-10H2,1-2H3,(H2,14,15,16). The second-order valence-electron chi connectivity index (χ2n) is 4.87. The molecule has 0 saturated heterocycles. The number of anilines is 2. The van der Waals surface area contributed by atoms with Crippen LogP contribution >= 0.6 is 0 Å². The molecular formula is C13H21N3. The van der Waals surface area contributed by atoms with Crippen molar-refractivity contribution in [1.82, 2.24) is 4.98 Å². The minimum absolute atomic E-state index is 0.274. The normalized spacial score (nSPS) is 17.6.